The van der Waals surface area contributed by atoms with Crippen molar-refractivity contribution in [3.63, 3.8) is 0 Å². The third-order valence-corrected chi connectivity index (χ3v) is 0.952. The van der Waals surface area contributed by atoms with E-state index in [4.69, 9.17) is 5.11 Å². The van der Waals surface area contributed by atoms with Gasteiger partial charge in [-0.1, -0.05) is 0 Å². The molecule has 0 aliphatic rings. The molecule has 3 nitrogen and oxygen atoms in total. The second-order valence-corrected chi connectivity index (χ2v) is 1.93. The fourth-order valence-electron chi connectivity index (χ4n) is 0.369. The Hall–Kier alpha value is -0.120. The van der Waals surface area contributed by atoms with Gasteiger partial charge in [0.05, 0.1) is 0 Å². The summed E-state index contributed by atoms with van der Waals surface area (Å²) < 4.78 is 0. The van der Waals surface area contributed by atoms with Crippen LogP contribution in [-0.2, 0) is 5.11 Å². The molecule has 1 unspecified atom stereocenters. The maximum absolute atomic E-state index is 10.6. The quantitative estimate of drug-likeness (QED) is 0.516. The van der Waals surface area contributed by atoms with Gasteiger partial charge in [-0.25, -0.2) is 5.11 Å². The highest BCUT2D eigenvalue weighted by Crippen LogP contribution is 1.92. The SMILES string of the molecule is CN(C)C([O])CCO. The summed E-state index contributed by atoms with van der Waals surface area (Å²) in [7, 11) is 3.40. The fraction of sp³-hybridized carbons (Fsp3) is 1.00. The molecule has 0 bridgehead atoms. The van der Waals surface area contributed by atoms with E-state index in [1.165, 1.54) is 4.90 Å². The molecule has 0 fully saturated rings. The maximum atomic E-state index is 10.6. The van der Waals surface area contributed by atoms with Crippen LogP contribution in [0.15, 0.2) is 0 Å². The van der Waals surface area contributed by atoms with Crippen LogP contribution >= 0.6 is 0 Å². The number of hydrogen-bond acceptors (Lipinski definition) is 2. The van der Waals surface area contributed by atoms with Gasteiger partial charge in [-0.15, -0.1) is 0 Å². The van der Waals surface area contributed by atoms with E-state index < -0.39 is 6.23 Å². The van der Waals surface area contributed by atoms with Gasteiger partial charge in [-0.2, -0.15) is 0 Å². The molecule has 0 aromatic rings. The average Bonchev–Trinajstić information content (AvgIpc) is 1.67. The molecule has 3 heteroatoms. The van der Waals surface area contributed by atoms with Crippen LogP contribution in [-0.4, -0.2) is 36.9 Å². The molecule has 0 aromatic heterocycles. The Kier molecular flexibility index (Phi) is 3.77. The predicted octanol–water partition coefficient (Wildman–Crippen LogP) is -0.313. The van der Waals surface area contributed by atoms with E-state index in [2.05, 4.69) is 0 Å². The molecule has 0 aliphatic carbocycles. The zero-order valence-corrected chi connectivity index (χ0v) is 5.29. The Morgan fingerprint density at radius 2 is 2.12 bits per heavy atom. The Morgan fingerprint density at radius 3 is 2.25 bits per heavy atom. The second kappa shape index (κ2) is 3.83. The van der Waals surface area contributed by atoms with Crippen molar-refractivity contribution in [1.29, 1.82) is 0 Å². The van der Waals surface area contributed by atoms with Crippen molar-refractivity contribution in [2.75, 3.05) is 20.7 Å². The van der Waals surface area contributed by atoms with E-state index in [1.807, 2.05) is 0 Å². The summed E-state index contributed by atoms with van der Waals surface area (Å²) in [5, 5.41) is 18.9. The first-order valence-electron chi connectivity index (χ1n) is 2.61. The smallest absolute Gasteiger partial charge is 0.148 e. The summed E-state index contributed by atoms with van der Waals surface area (Å²) in [6.07, 6.45) is -0.438. The standard InChI is InChI=1S/C5H12NO2/c1-6(2)5(8)3-4-7/h5,7H,3-4H2,1-2H3. The fourth-order valence-corrected chi connectivity index (χ4v) is 0.369. The first kappa shape index (κ1) is 7.88. The number of rotatable bonds is 3. The van der Waals surface area contributed by atoms with E-state index in [-0.39, 0.29) is 6.61 Å². The molecule has 1 atom stereocenters. The average molecular weight is 118 g/mol. The number of aliphatic hydroxyl groups excluding tert-OH is 1. The van der Waals surface area contributed by atoms with Crippen molar-refractivity contribution in [1.82, 2.24) is 4.90 Å². The summed E-state index contributed by atoms with van der Waals surface area (Å²) >= 11 is 0. The van der Waals surface area contributed by atoms with Crippen LogP contribution in [0.2, 0.25) is 0 Å². The van der Waals surface area contributed by atoms with Gasteiger partial charge in [-0.05, 0) is 14.1 Å². The number of aliphatic hydroxyl groups is 1. The highest BCUT2D eigenvalue weighted by atomic mass is 16.3. The van der Waals surface area contributed by atoms with Crippen molar-refractivity contribution < 1.29 is 10.2 Å². The van der Waals surface area contributed by atoms with E-state index in [0.29, 0.717) is 6.42 Å². The lowest BCUT2D eigenvalue weighted by atomic mass is 10.4. The van der Waals surface area contributed by atoms with E-state index in [1.54, 1.807) is 14.1 Å². The Morgan fingerprint density at radius 1 is 1.62 bits per heavy atom. The monoisotopic (exact) mass is 118 g/mol. The zero-order chi connectivity index (χ0) is 6.57. The van der Waals surface area contributed by atoms with Crippen molar-refractivity contribution in [3.8, 4) is 0 Å². The van der Waals surface area contributed by atoms with E-state index in [9.17, 15) is 5.11 Å². The largest absolute Gasteiger partial charge is 0.396 e. The molecule has 0 amide bonds. The molecule has 0 spiro atoms. The maximum Gasteiger partial charge on any atom is 0.148 e. The highest BCUT2D eigenvalue weighted by molar-refractivity contribution is 4.47. The molecule has 0 saturated heterocycles. The van der Waals surface area contributed by atoms with Crippen molar-refractivity contribution in [2.24, 2.45) is 0 Å². The van der Waals surface area contributed by atoms with Gasteiger partial charge in [0.2, 0.25) is 0 Å². The Balaban J connectivity index is 3.17. The molecule has 8 heavy (non-hydrogen) atoms. The van der Waals surface area contributed by atoms with Crippen LogP contribution in [0.5, 0.6) is 0 Å². The summed E-state index contributed by atoms with van der Waals surface area (Å²) in [6, 6.07) is 0. The molecule has 49 valence electrons. The van der Waals surface area contributed by atoms with Crippen molar-refractivity contribution in [2.45, 2.75) is 12.6 Å². The molecule has 0 heterocycles. The molecule has 0 aromatic carbocycles. The Bertz CT molecular complexity index is 56.4. The molecular formula is C5H12NO2. The van der Waals surface area contributed by atoms with Crippen molar-refractivity contribution in [3.05, 3.63) is 0 Å². The van der Waals surface area contributed by atoms with Gasteiger partial charge >= 0.3 is 0 Å². The molecule has 0 rings (SSSR count). The Labute approximate surface area is 49.5 Å². The summed E-state index contributed by atoms with van der Waals surface area (Å²) in [5.41, 5.74) is 0. The molecule has 0 aliphatic heterocycles. The molecular weight excluding hydrogens is 106 g/mol. The third kappa shape index (κ3) is 2.96. The normalized spacial score (nSPS) is 14.6. The number of nitrogens with zero attached hydrogens (tertiary/aromatic N) is 1. The third-order valence-electron chi connectivity index (χ3n) is 0.952. The van der Waals surface area contributed by atoms with Gasteiger partial charge < -0.3 is 5.11 Å². The lowest BCUT2D eigenvalue weighted by molar-refractivity contribution is -0.0351. The van der Waals surface area contributed by atoms with Crippen LogP contribution in [0.4, 0.5) is 0 Å². The van der Waals surface area contributed by atoms with E-state index in [0.717, 1.165) is 0 Å². The summed E-state index contributed by atoms with van der Waals surface area (Å²) in [6.45, 7) is -0.0215. The van der Waals surface area contributed by atoms with Crippen LogP contribution in [0.1, 0.15) is 6.42 Å². The van der Waals surface area contributed by atoms with Gasteiger partial charge in [0.1, 0.15) is 6.23 Å². The van der Waals surface area contributed by atoms with Gasteiger partial charge in [0, 0.05) is 13.0 Å². The van der Waals surface area contributed by atoms with Crippen LogP contribution in [0.3, 0.4) is 0 Å². The predicted molar refractivity (Wildman–Crippen MR) is 29.9 cm³/mol. The second-order valence-electron chi connectivity index (χ2n) is 1.93. The summed E-state index contributed by atoms with van der Waals surface area (Å²) in [4.78, 5) is 1.54. The van der Waals surface area contributed by atoms with Gasteiger partial charge in [-0.3, -0.25) is 4.90 Å². The minimum Gasteiger partial charge on any atom is -0.396 e. The van der Waals surface area contributed by atoms with Gasteiger partial charge in [0.15, 0.2) is 0 Å². The lowest BCUT2D eigenvalue weighted by Crippen LogP contribution is -2.26. The molecule has 0 saturated carbocycles. The van der Waals surface area contributed by atoms with E-state index >= 15 is 0 Å². The molecule has 1 radical (unpaired) electrons. The minimum absolute atomic E-state index is 0.0215. The summed E-state index contributed by atoms with van der Waals surface area (Å²) in [5.74, 6) is 0. The minimum atomic E-state index is -0.750. The van der Waals surface area contributed by atoms with Crippen LogP contribution in [0, 0.1) is 0 Å². The van der Waals surface area contributed by atoms with Crippen LogP contribution in [0.25, 0.3) is 0 Å². The van der Waals surface area contributed by atoms with Crippen LogP contribution < -0.4 is 0 Å². The topological polar surface area (TPSA) is 43.4 Å². The van der Waals surface area contributed by atoms with Gasteiger partial charge in [0.25, 0.3) is 0 Å². The van der Waals surface area contributed by atoms with Crippen molar-refractivity contribution >= 4 is 0 Å². The first-order chi connectivity index (χ1) is 3.68. The first-order valence-corrected chi connectivity index (χ1v) is 2.61. The highest BCUT2D eigenvalue weighted by Gasteiger charge is 2.05. The zero-order valence-electron chi connectivity index (χ0n) is 5.29. The lowest BCUT2D eigenvalue weighted by Gasteiger charge is -2.13. The molecule has 1 N–H and O–H groups in total. The number of hydrogen-bond donors (Lipinski definition) is 1.